The molecular formula is C16H24Cl8Ni2O12Sn2. The van der Waals surface area contributed by atoms with Gasteiger partial charge in [-0.05, 0) is 0 Å². The van der Waals surface area contributed by atoms with Crippen LogP contribution >= 0.6 is 76.5 Å². The molecule has 0 spiro atoms. The van der Waals surface area contributed by atoms with Crippen molar-refractivity contribution < 1.29 is 82.4 Å². The average molecular weight is 1050 g/mol. The van der Waals surface area contributed by atoms with Gasteiger partial charge in [-0.2, -0.15) is 0 Å². The molecule has 1 saturated heterocycles. The van der Waals surface area contributed by atoms with Crippen LogP contribution in [0.1, 0.15) is 0 Å². The second-order valence-electron chi connectivity index (χ2n) is 5.23. The van der Waals surface area contributed by atoms with Crippen LogP contribution in [0.15, 0.2) is 0 Å². The first-order valence-corrected chi connectivity index (χ1v) is 29.7. The van der Waals surface area contributed by atoms with E-state index in [0.29, 0.717) is 25.3 Å². The van der Waals surface area contributed by atoms with Crippen LogP contribution in [-0.4, -0.2) is 141 Å². The van der Waals surface area contributed by atoms with Crippen LogP contribution in [0.5, 0.6) is 0 Å². The first-order valence-electron chi connectivity index (χ1n) is 9.83. The zero-order chi connectivity index (χ0) is 31.3. The van der Waals surface area contributed by atoms with E-state index < -0.39 is 61.7 Å². The van der Waals surface area contributed by atoms with E-state index in [1.807, 2.05) is 0 Å². The summed E-state index contributed by atoms with van der Waals surface area (Å²) in [6.07, 6.45) is 0. The van der Waals surface area contributed by atoms with E-state index in [9.17, 15) is 19.2 Å². The van der Waals surface area contributed by atoms with Gasteiger partial charge in [0.05, 0.1) is 52.9 Å². The molecule has 244 valence electrons. The molecule has 0 amide bonds. The number of hydrogen-bond donors (Lipinski definition) is 0. The number of cyclic esters (lactones) is 4. The van der Waals surface area contributed by atoms with Crippen LogP contribution in [0.4, 0.5) is 0 Å². The van der Waals surface area contributed by atoms with E-state index in [2.05, 4.69) is 18.9 Å². The summed E-state index contributed by atoms with van der Waals surface area (Å²) in [6, 6.07) is 0. The second-order valence-corrected chi connectivity index (χ2v) is 17.0. The predicted molar refractivity (Wildman–Crippen MR) is 145 cm³/mol. The summed E-state index contributed by atoms with van der Waals surface area (Å²) in [7, 11) is 38.5. The fraction of sp³-hybridized carbons (Fsp3) is 0.750. The molecule has 40 heavy (non-hydrogen) atoms. The van der Waals surface area contributed by atoms with Crippen molar-refractivity contribution in [1.29, 1.82) is 0 Å². The summed E-state index contributed by atoms with van der Waals surface area (Å²) in [5, 5.41) is 0. The molecule has 24 heteroatoms. The van der Waals surface area contributed by atoms with Crippen molar-refractivity contribution in [3.8, 4) is 0 Å². The Bertz CT molecular complexity index is 502. The maximum absolute atomic E-state index is 11.4. The van der Waals surface area contributed by atoms with Gasteiger partial charge in [-0.15, -0.1) is 0 Å². The summed E-state index contributed by atoms with van der Waals surface area (Å²) >= 11 is -0.512. The minimum absolute atomic E-state index is 0.0618. The van der Waals surface area contributed by atoms with Crippen LogP contribution in [0, 0.1) is 0 Å². The second kappa shape index (κ2) is 46.0. The molecule has 1 aliphatic heterocycles. The van der Waals surface area contributed by atoms with Gasteiger partial charge in [0.15, 0.2) is 0 Å². The number of ether oxygens (including phenoxy) is 8. The van der Waals surface area contributed by atoms with Crippen LogP contribution in [-0.2, 0) is 82.4 Å². The third-order valence-electron chi connectivity index (χ3n) is 2.92. The van der Waals surface area contributed by atoms with Crippen molar-refractivity contribution in [2.24, 2.45) is 0 Å². The van der Waals surface area contributed by atoms with Crippen molar-refractivity contribution in [2.75, 3.05) is 79.3 Å². The topological polar surface area (TPSA) is 142 Å². The normalized spacial score (nSPS) is 17.0. The van der Waals surface area contributed by atoms with Gasteiger partial charge in [0.1, 0.15) is 26.4 Å². The molecule has 0 aromatic carbocycles. The van der Waals surface area contributed by atoms with E-state index in [0.717, 1.165) is 0 Å². The molecule has 1 aliphatic rings. The number of halogens is 8. The summed E-state index contributed by atoms with van der Waals surface area (Å²) in [6.45, 7) is 0.512. The first kappa shape index (κ1) is 49.5. The molecule has 0 aliphatic carbocycles. The molecule has 0 saturated carbocycles. The molecule has 0 N–H and O–H groups in total. The third-order valence-corrected chi connectivity index (χ3v) is 2.92. The molecule has 1 heterocycles. The molecule has 4 radical (unpaired) electrons. The zero-order valence-electron chi connectivity index (χ0n) is 20.0. The number of esters is 4. The Kier molecular flexibility index (Phi) is 57.0. The molecule has 0 unspecified atom stereocenters. The Morgan fingerprint density at radius 3 is 0.675 bits per heavy atom. The number of carbonyl (C=O) groups excluding carboxylic acids is 4. The monoisotopic (exact) mass is 1040 g/mol. The molecule has 0 aromatic heterocycles. The van der Waals surface area contributed by atoms with Crippen LogP contribution in [0.2, 0.25) is 0 Å². The molecule has 0 atom stereocenters. The molecule has 12 nitrogen and oxygen atoms in total. The minimum atomic E-state index is -1.12. The van der Waals surface area contributed by atoms with Crippen molar-refractivity contribution in [1.82, 2.24) is 0 Å². The van der Waals surface area contributed by atoms with Crippen LogP contribution in [0.3, 0.4) is 0 Å². The molecule has 0 aromatic rings. The van der Waals surface area contributed by atoms with Gasteiger partial charge in [-0.3, -0.25) is 0 Å². The van der Waals surface area contributed by atoms with E-state index in [4.69, 9.17) is 95.4 Å². The van der Waals surface area contributed by atoms with Crippen molar-refractivity contribution in [3.05, 3.63) is 0 Å². The van der Waals surface area contributed by atoms with Gasteiger partial charge in [-0.1, -0.05) is 0 Å². The van der Waals surface area contributed by atoms with E-state index in [1.165, 1.54) is 0 Å². The quantitative estimate of drug-likeness (QED) is 0.153. The fourth-order valence-electron chi connectivity index (χ4n) is 1.65. The molecule has 1 rings (SSSR count). The van der Waals surface area contributed by atoms with E-state index in [1.54, 1.807) is 0 Å². The van der Waals surface area contributed by atoms with E-state index >= 15 is 0 Å². The number of rotatable bonds is 0. The summed E-state index contributed by atoms with van der Waals surface area (Å²) < 4.78 is 39.2. The Labute approximate surface area is 296 Å². The molecule has 0 bridgehead atoms. The number of carbonyl (C=O) groups is 4. The Morgan fingerprint density at radius 1 is 0.400 bits per heavy atom. The van der Waals surface area contributed by atoms with Gasteiger partial charge in [0.25, 0.3) is 0 Å². The van der Waals surface area contributed by atoms with Gasteiger partial charge in [-0.25, -0.2) is 19.2 Å². The van der Waals surface area contributed by atoms with Crippen LogP contribution < -0.4 is 0 Å². The predicted octanol–water partition coefficient (Wildman–Crippen LogP) is 2.99. The molecule has 1 fully saturated rings. The third kappa shape index (κ3) is 47.6. The van der Waals surface area contributed by atoms with E-state index in [-0.39, 0.29) is 79.3 Å². The Hall–Kier alpha value is 2.62. The van der Waals surface area contributed by atoms with Crippen LogP contribution in [0.25, 0.3) is 0 Å². The van der Waals surface area contributed by atoms with Crippen molar-refractivity contribution in [2.45, 2.75) is 0 Å². The first-order chi connectivity index (χ1) is 19.3. The van der Waals surface area contributed by atoms with Gasteiger partial charge in [0.2, 0.25) is 0 Å². The van der Waals surface area contributed by atoms with Crippen molar-refractivity contribution in [3.63, 3.8) is 0 Å². The Balaban J connectivity index is -0.000000459. The molecular weight excluding hydrogens is 1020 g/mol. The van der Waals surface area contributed by atoms with Gasteiger partial charge in [0, 0.05) is 0 Å². The fourth-order valence-corrected chi connectivity index (χ4v) is 1.65. The summed E-state index contributed by atoms with van der Waals surface area (Å²) in [5.74, 6) is -4.47. The maximum atomic E-state index is 11.4. The van der Waals surface area contributed by atoms with Crippen molar-refractivity contribution >= 4 is 138 Å². The van der Waals surface area contributed by atoms with Gasteiger partial charge < -0.3 is 37.9 Å². The summed E-state index contributed by atoms with van der Waals surface area (Å²) in [4.78, 5) is 45.4. The number of hydrogen-bond acceptors (Lipinski definition) is 12. The average Bonchev–Trinajstić information content (AvgIpc) is 2.91. The SMILES string of the molecule is O=C1OCCOCCOCCOC(=O)C(=O)OCCOCCOCCOC1=O.[Cl][Ni][Cl].[Cl][Ni][Cl].[Cl][Sn][Cl].[Cl][Sn][Cl]. The summed E-state index contributed by atoms with van der Waals surface area (Å²) in [5.41, 5.74) is 0. The standard InChI is InChI=1S/C16H24O12.8ClH.2Ni.2Sn/c17-13-14(18)27-11-7-23-3-4-24-8-12-28-16(20)15(19)26-10-6-22-2-1-21-5-9-25-13;;;;;;;;;;;;/h1-12H2;8*1H;;;;/q;;;;;;;;;4*+2/p-8. The Morgan fingerprint density at radius 2 is 0.525 bits per heavy atom. The zero-order valence-corrected chi connectivity index (χ0v) is 33.8. The van der Waals surface area contributed by atoms with Gasteiger partial charge >= 0.3 is 163 Å².